The first-order valence-electron chi connectivity index (χ1n) is 9.72. The quantitative estimate of drug-likeness (QED) is 0.812. The van der Waals surface area contributed by atoms with E-state index in [0.717, 1.165) is 36.3 Å². The first-order chi connectivity index (χ1) is 12.9. The SMILES string of the molecule is O=C1Cc2cc(OCC[C@@H]3C[C@@H]3C3CCN(CC(F)(F)F)CC3)ccc2N1. The number of hydrogen-bond donors (Lipinski definition) is 1. The number of benzene rings is 1. The van der Waals surface area contributed by atoms with Crippen LogP contribution >= 0.6 is 0 Å². The summed E-state index contributed by atoms with van der Waals surface area (Å²) in [4.78, 5) is 12.9. The highest BCUT2D eigenvalue weighted by atomic mass is 19.4. The summed E-state index contributed by atoms with van der Waals surface area (Å²) in [5.74, 6) is 2.68. The van der Waals surface area contributed by atoms with E-state index in [1.165, 1.54) is 11.3 Å². The van der Waals surface area contributed by atoms with Crippen LogP contribution in [0.25, 0.3) is 0 Å². The molecule has 2 heterocycles. The van der Waals surface area contributed by atoms with Crippen LogP contribution in [-0.4, -0.2) is 43.2 Å². The molecule has 2 atom stereocenters. The maximum absolute atomic E-state index is 12.5. The number of likely N-dealkylation sites (tertiary alicyclic amines) is 1. The second kappa shape index (κ2) is 7.34. The monoisotopic (exact) mass is 382 g/mol. The van der Waals surface area contributed by atoms with Crippen molar-refractivity contribution in [2.24, 2.45) is 17.8 Å². The van der Waals surface area contributed by atoms with Crippen molar-refractivity contribution in [2.45, 2.75) is 38.3 Å². The molecule has 1 N–H and O–H groups in total. The molecule has 1 saturated carbocycles. The van der Waals surface area contributed by atoms with E-state index >= 15 is 0 Å². The largest absolute Gasteiger partial charge is 0.494 e. The third kappa shape index (κ3) is 4.75. The van der Waals surface area contributed by atoms with Gasteiger partial charge in [0, 0.05) is 5.69 Å². The molecule has 1 saturated heterocycles. The molecule has 148 valence electrons. The summed E-state index contributed by atoms with van der Waals surface area (Å²) in [5.41, 5.74) is 1.85. The zero-order valence-corrected chi connectivity index (χ0v) is 15.2. The number of alkyl halides is 3. The fourth-order valence-electron chi connectivity index (χ4n) is 4.60. The summed E-state index contributed by atoms with van der Waals surface area (Å²) in [6, 6.07) is 5.68. The van der Waals surface area contributed by atoms with E-state index in [-0.39, 0.29) is 5.91 Å². The maximum Gasteiger partial charge on any atom is 0.401 e. The molecule has 0 aromatic heterocycles. The third-order valence-electron chi connectivity index (χ3n) is 6.08. The lowest BCUT2D eigenvalue weighted by Crippen LogP contribution is -2.40. The van der Waals surface area contributed by atoms with Crippen molar-refractivity contribution < 1.29 is 22.7 Å². The van der Waals surface area contributed by atoms with Gasteiger partial charge in [-0.05, 0) is 80.3 Å². The highest BCUT2D eigenvalue weighted by Gasteiger charge is 2.43. The predicted molar refractivity (Wildman–Crippen MR) is 95.7 cm³/mol. The molecule has 0 unspecified atom stereocenters. The van der Waals surface area contributed by atoms with Crippen LogP contribution in [0.15, 0.2) is 18.2 Å². The van der Waals surface area contributed by atoms with Gasteiger partial charge < -0.3 is 10.1 Å². The summed E-state index contributed by atoms with van der Waals surface area (Å²) >= 11 is 0. The molecule has 2 fully saturated rings. The topological polar surface area (TPSA) is 41.6 Å². The molecule has 27 heavy (non-hydrogen) atoms. The molecular weight excluding hydrogens is 357 g/mol. The molecule has 2 aliphatic heterocycles. The van der Waals surface area contributed by atoms with Gasteiger partial charge in [-0.3, -0.25) is 9.69 Å². The van der Waals surface area contributed by atoms with Crippen LogP contribution in [-0.2, 0) is 11.2 Å². The van der Waals surface area contributed by atoms with Gasteiger partial charge in [-0.15, -0.1) is 0 Å². The second-order valence-electron chi connectivity index (χ2n) is 8.07. The summed E-state index contributed by atoms with van der Waals surface area (Å²) in [5, 5.41) is 2.81. The summed E-state index contributed by atoms with van der Waals surface area (Å²) in [6.07, 6.45) is 0.239. The van der Waals surface area contributed by atoms with Gasteiger partial charge in [0.1, 0.15) is 5.75 Å². The standard InChI is InChI=1S/C20H25F3N2O2/c21-20(22,23)12-25-6-3-13(4-7-25)17-10-14(17)5-8-27-16-1-2-18-15(9-16)11-19(26)24-18/h1-2,9,13-14,17H,3-8,10-12H2,(H,24,26)/t14-,17-/m1/s1. The number of carbonyl (C=O) groups is 1. The third-order valence-corrected chi connectivity index (χ3v) is 6.08. The minimum absolute atomic E-state index is 0.0178. The first kappa shape index (κ1) is 18.6. The van der Waals surface area contributed by atoms with Gasteiger partial charge in [-0.1, -0.05) is 0 Å². The Morgan fingerprint density at radius 3 is 2.74 bits per heavy atom. The van der Waals surface area contributed by atoms with Crippen LogP contribution in [0.2, 0.25) is 0 Å². The molecule has 1 amide bonds. The van der Waals surface area contributed by atoms with Crippen LogP contribution in [0.1, 0.15) is 31.2 Å². The van der Waals surface area contributed by atoms with E-state index in [2.05, 4.69) is 5.32 Å². The number of amides is 1. The number of anilines is 1. The number of halogens is 3. The molecule has 0 spiro atoms. The number of nitrogens with one attached hydrogen (secondary N) is 1. The van der Waals surface area contributed by atoms with Gasteiger partial charge in [-0.2, -0.15) is 13.2 Å². The molecule has 3 aliphatic rings. The zero-order valence-electron chi connectivity index (χ0n) is 15.2. The molecule has 0 radical (unpaired) electrons. The smallest absolute Gasteiger partial charge is 0.401 e. The Morgan fingerprint density at radius 2 is 2.00 bits per heavy atom. The minimum Gasteiger partial charge on any atom is -0.494 e. The molecular formula is C20H25F3N2O2. The van der Waals surface area contributed by atoms with Crippen LogP contribution in [0.3, 0.4) is 0 Å². The Labute approximate surface area is 157 Å². The van der Waals surface area contributed by atoms with Crippen molar-refractivity contribution in [2.75, 3.05) is 31.6 Å². The Hall–Kier alpha value is -1.76. The predicted octanol–water partition coefficient (Wildman–Crippen LogP) is 3.86. The number of fused-ring (bicyclic) bond motifs is 1. The number of carbonyl (C=O) groups excluding carboxylic acids is 1. The summed E-state index contributed by atoms with van der Waals surface area (Å²) in [6.45, 7) is 0.995. The van der Waals surface area contributed by atoms with E-state index in [4.69, 9.17) is 4.74 Å². The lowest BCUT2D eigenvalue weighted by atomic mass is 9.90. The summed E-state index contributed by atoms with van der Waals surface area (Å²) in [7, 11) is 0. The van der Waals surface area contributed by atoms with Crippen LogP contribution in [0.5, 0.6) is 5.75 Å². The highest BCUT2D eigenvalue weighted by Crippen LogP contribution is 2.49. The van der Waals surface area contributed by atoms with Crippen molar-refractivity contribution in [3.63, 3.8) is 0 Å². The number of rotatable bonds is 6. The fourth-order valence-corrected chi connectivity index (χ4v) is 4.60. The van der Waals surface area contributed by atoms with E-state index in [9.17, 15) is 18.0 Å². The highest BCUT2D eigenvalue weighted by molar-refractivity contribution is 5.99. The van der Waals surface area contributed by atoms with Crippen LogP contribution in [0.4, 0.5) is 18.9 Å². The van der Waals surface area contributed by atoms with Gasteiger partial charge >= 0.3 is 6.18 Å². The van der Waals surface area contributed by atoms with Crippen LogP contribution in [0, 0.1) is 17.8 Å². The lowest BCUT2D eigenvalue weighted by molar-refractivity contribution is -0.148. The van der Waals surface area contributed by atoms with Gasteiger partial charge in [-0.25, -0.2) is 0 Å². The average Bonchev–Trinajstić information content (AvgIpc) is 3.26. The van der Waals surface area contributed by atoms with E-state index in [0.29, 0.717) is 43.9 Å². The minimum atomic E-state index is -4.09. The Morgan fingerprint density at radius 1 is 1.22 bits per heavy atom. The second-order valence-corrected chi connectivity index (χ2v) is 8.07. The molecule has 4 nitrogen and oxygen atoms in total. The molecule has 4 rings (SSSR count). The van der Waals surface area contributed by atoms with Gasteiger partial charge in [0.15, 0.2) is 0 Å². The Kier molecular flexibility index (Phi) is 5.05. The van der Waals surface area contributed by atoms with E-state index in [1.54, 1.807) is 0 Å². The Bertz CT molecular complexity index is 699. The van der Waals surface area contributed by atoms with Gasteiger partial charge in [0.25, 0.3) is 0 Å². The number of ether oxygens (including phenoxy) is 1. The number of hydrogen-bond acceptors (Lipinski definition) is 3. The lowest BCUT2D eigenvalue weighted by Gasteiger charge is -2.32. The van der Waals surface area contributed by atoms with Crippen molar-refractivity contribution in [1.29, 1.82) is 0 Å². The van der Waals surface area contributed by atoms with Crippen molar-refractivity contribution >= 4 is 11.6 Å². The van der Waals surface area contributed by atoms with Crippen molar-refractivity contribution in [3.8, 4) is 5.75 Å². The molecule has 1 aromatic carbocycles. The first-order valence-corrected chi connectivity index (χ1v) is 9.72. The van der Waals surface area contributed by atoms with Crippen molar-refractivity contribution in [3.05, 3.63) is 23.8 Å². The molecule has 0 bridgehead atoms. The fraction of sp³-hybridized carbons (Fsp3) is 0.650. The molecule has 7 heteroatoms. The number of piperidine rings is 1. The normalized spacial score (nSPS) is 26.0. The summed E-state index contributed by atoms with van der Waals surface area (Å²) < 4.78 is 43.3. The molecule has 1 aromatic rings. The average molecular weight is 382 g/mol. The Balaban J connectivity index is 1.16. The van der Waals surface area contributed by atoms with Gasteiger partial charge in [0.2, 0.25) is 5.91 Å². The number of nitrogens with zero attached hydrogens (tertiary/aromatic N) is 1. The van der Waals surface area contributed by atoms with Crippen LogP contribution < -0.4 is 10.1 Å². The molecule has 1 aliphatic carbocycles. The van der Waals surface area contributed by atoms with E-state index < -0.39 is 12.7 Å². The van der Waals surface area contributed by atoms with Crippen molar-refractivity contribution in [1.82, 2.24) is 4.90 Å². The van der Waals surface area contributed by atoms with Gasteiger partial charge in [0.05, 0.1) is 19.6 Å². The van der Waals surface area contributed by atoms with E-state index in [1.807, 2.05) is 18.2 Å². The zero-order chi connectivity index (χ0) is 19.0. The maximum atomic E-state index is 12.5.